The average Bonchev–Trinajstić information content (AvgIpc) is 2.54. The predicted molar refractivity (Wildman–Crippen MR) is 101 cm³/mol. The van der Waals surface area contributed by atoms with Crippen molar-refractivity contribution in [2.24, 2.45) is 0 Å². The highest BCUT2D eigenvalue weighted by atomic mass is 35.5. The Morgan fingerprint density at radius 3 is 2.48 bits per heavy atom. The minimum atomic E-state index is -0.234. The van der Waals surface area contributed by atoms with E-state index in [1.54, 1.807) is 24.3 Å². The van der Waals surface area contributed by atoms with Crippen LogP contribution in [0.5, 0.6) is 0 Å². The molecule has 0 spiro atoms. The Morgan fingerprint density at radius 2 is 1.84 bits per heavy atom. The maximum absolute atomic E-state index is 12.4. The van der Waals surface area contributed by atoms with Crippen LogP contribution in [0.15, 0.2) is 42.5 Å². The molecule has 2 rings (SSSR count). The molecule has 0 radical (unpaired) electrons. The SMILES string of the molecule is CCNC(=O)c1ccc(NC(=O)c2cccc(CN(C)C)c2)cc1Cl. The number of halogens is 1. The molecule has 0 saturated heterocycles. The first-order valence-electron chi connectivity index (χ1n) is 8.03. The molecule has 0 atom stereocenters. The van der Waals surface area contributed by atoms with Crippen LogP contribution < -0.4 is 10.6 Å². The van der Waals surface area contributed by atoms with Crippen LogP contribution in [0.25, 0.3) is 0 Å². The molecular formula is C19H22ClN3O2. The molecule has 0 aromatic heterocycles. The van der Waals surface area contributed by atoms with Crippen molar-refractivity contribution in [1.82, 2.24) is 10.2 Å². The Bertz CT molecular complexity index is 775. The van der Waals surface area contributed by atoms with Crippen molar-refractivity contribution >= 4 is 29.1 Å². The lowest BCUT2D eigenvalue weighted by Gasteiger charge is -2.12. The third-order valence-corrected chi connectivity index (χ3v) is 3.81. The van der Waals surface area contributed by atoms with Gasteiger partial charge in [-0.25, -0.2) is 0 Å². The summed E-state index contributed by atoms with van der Waals surface area (Å²) in [6.45, 7) is 3.12. The molecule has 5 nitrogen and oxygen atoms in total. The fourth-order valence-corrected chi connectivity index (χ4v) is 2.68. The number of anilines is 1. The molecule has 0 bridgehead atoms. The van der Waals surface area contributed by atoms with Crippen molar-refractivity contribution in [2.45, 2.75) is 13.5 Å². The Labute approximate surface area is 153 Å². The van der Waals surface area contributed by atoms with E-state index < -0.39 is 0 Å². The van der Waals surface area contributed by atoms with Crippen LogP contribution in [-0.2, 0) is 6.54 Å². The Balaban J connectivity index is 2.13. The molecule has 2 aromatic carbocycles. The van der Waals surface area contributed by atoms with Gasteiger partial charge >= 0.3 is 0 Å². The minimum Gasteiger partial charge on any atom is -0.352 e. The zero-order valence-electron chi connectivity index (χ0n) is 14.6. The first-order valence-corrected chi connectivity index (χ1v) is 8.41. The van der Waals surface area contributed by atoms with E-state index in [2.05, 4.69) is 10.6 Å². The second-order valence-corrected chi connectivity index (χ2v) is 6.35. The monoisotopic (exact) mass is 359 g/mol. The number of carbonyl (C=O) groups is 2. The van der Waals surface area contributed by atoms with Crippen molar-refractivity contribution in [3.63, 3.8) is 0 Å². The summed E-state index contributed by atoms with van der Waals surface area (Å²) < 4.78 is 0. The fraction of sp³-hybridized carbons (Fsp3) is 0.263. The highest BCUT2D eigenvalue weighted by Gasteiger charge is 2.12. The standard InChI is InChI=1S/C19H22ClN3O2/c1-4-21-19(25)16-9-8-15(11-17(16)20)22-18(24)14-7-5-6-13(10-14)12-23(2)3/h5-11H,4,12H2,1-3H3,(H,21,25)(H,22,24). The summed E-state index contributed by atoms with van der Waals surface area (Å²) in [5.41, 5.74) is 2.56. The topological polar surface area (TPSA) is 61.4 Å². The maximum Gasteiger partial charge on any atom is 0.255 e. The van der Waals surface area contributed by atoms with E-state index in [1.807, 2.05) is 44.1 Å². The smallest absolute Gasteiger partial charge is 0.255 e. The van der Waals surface area contributed by atoms with Gasteiger partial charge in [0.1, 0.15) is 0 Å². The van der Waals surface area contributed by atoms with Gasteiger partial charge < -0.3 is 15.5 Å². The predicted octanol–water partition coefficient (Wildman–Crippen LogP) is 3.40. The van der Waals surface area contributed by atoms with Gasteiger partial charge in [0.2, 0.25) is 0 Å². The average molecular weight is 360 g/mol. The molecule has 0 unspecified atom stereocenters. The molecule has 0 saturated carbocycles. The number of benzene rings is 2. The van der Waals surface area contributed by atoms with Crippen molar-refractivity contribution in [3.05, 3.63) is 64.2 Å². The van der Waals surface area contributed by atoms with Gasteiger partial charge in [-0.3, -0.25) is 9.59 Å². The van der Waals surface area contributed by atoms with Crippen LogP contribution in [0.1, 0.15) is 33.2 Å². The molecule has 0 aliphatic carbocycles. The molecule has 0 aliphatic rings. The molecular weight excluding hydrogens is 338 g/mol. The quantitative estimate of drug-likeness (QED) is 0.831. The number of rotatable bonds is 6. The normalized spacial score (nSPS) is 10.6. The van der Waals surface area contributed by atoms with Gasteiger partial charge in [-0.05, 0) is 56.9 Å². The number of carbonyl (C=O) groups excluding carboxylic acids is 2. The zero-order chi connectivity index (χ0) is 18.4. The first-order chi connectivity index (χ1) is 11.9. The largest absolute Gasteiger partial charge is 0.352 e. The lowest BCUT2D eigenvalue weighted by atomic mass is 10.1. The van der Waals surface area contributed by atoms with Crippen LogP contribution in [0.4, 0.5) is 5.69 Å². The molecule has 25 heavy (non-hydrogen) atoms. The second-order valence-electron chi connectivity index (χ2n) is 5.95. The van der Waals surface area contributed by atoms with Crippen molar-refractivity contribution in [3.8, 4) is 0 Å². The summed E-state index contributed by atoms with van der Waals surface area (Å²) in [6.07, 6.45) is 0. The number of nitrogens with zero attached hydrogens (tertiary/aromatic N) is 1. The Hall–Kier alpha value is -2.37. The van der Waals surface area contributed by atoms with Crippen LogP contribution in [0.2, 0.25) is 5.02 Å². The van der Waals surface area contributed by atoms with Crippen LogP contribution in [0.3, 0.4) is 0 Å². The number of amides is 2. The second kappa shape index (κ2) is 8.65. The molecule has 132 valence electrons. The lowest BCUT2D eigenvalue weighted by Crippen LogP contribution is -2.23. The van der Waals surface area contributed by atoms with Gasteiger partial charge in [-0.2, -0.15) is 0 Å². The van der Waals surface area contributed by atoms with Gasteiger partial charge in [0.15, 0.2) is 0 Å². The van der Waals surface area contributed by atoms with Crippen LogP contribution in [0, 0.1) is 0 Å². The van der Waals surface area contributed by atoms with E-state index in [1.165, 1.54) is 0 Å². The Morgan fingerprint density at radius 1 is 1.08 bits per heavy atom. The number of hydrogen-bond acceptors (Lipinski definition) is 3. The van der Waals surface area contributed by atoms with Crippen molar-refractivity contribution in [1.29, 1.82) is 0 Å². The molecule has 2 N–H and O–H groups in total. The fourth-order valence-electron chi connectivity index (χ4n) is 2.41. The summed E-state index contributed by atoms with van der Waals surface area (Å²) in [6, 6.07) is 12.3. The summed E-state index contributed by atoms with van der Waals surface area (Å²) in [5, 5.41) is 5.80. The van der Waals surface area contributed by atoms with Crippen molar-refractivity contribution < 1.29 is 9.59 Å². The first kappa shape index (κ1) is 19.0. The number of hydrogen-bond donors (Lipinski definition) is 2. The van der Waals surface area contributed by atoms with Gasteiger partial charge in [-0.1, -0.05) is 23.7 Å². The summed E-state index contributed by atoms with van der Waals surface area (Å²) in [7, 11) is 3.95. The molecule has 0 fully saturated rings. The molecule has 2 amide bonds. The van der Waals surface area contributed by atoms with E-state index in [9.17, 15) is 9.59 Å². The van der Waals surface area contributed by atoms with Gasteiger partial charge in [-0.15, -0.1) is 0 Å². The molecule has 2 aromatic rings. The lowest BCUT2D eigenvalue weighted by molar-refractivity contribution is 0.0955. The number of nitrogens with one attached hydrogen (secondary N) is 2. The third-order valence-electron chi connectivity index (χ3n) is 3.50. The molecule has 6 heteroatoms. The van der Waals surface area contributed by atoms with Gasteiger partial charge in [0.25, 0.3) is 11.8 Å². The van der Waals surface area contributed by atoms with E-state index in [0.29, 0.717) is 28.4 Å². The van der Waals surface area contributed by atoms with Gasteiger partial charge in [0.05, 0.1) is 10.6 Å². The maximum atomic E-state index is 12.4. The van der Waals surface area contributed by atoms with E-state index in [0.717, 1.165) is 12.1 Å². The zero-order valence-corrected chi connectivity index (χ0v) is 15.4. The third kappa shape index (κ3) is 5.31. The van der Waals surface area contributed by atoms with Crippen LogP contribution >= 0.6 is 11.6 Å². The minimum absolute atomic E-state index is 0.220. The van der Waals surface area contributed by atoms with E-state index in [-0.39, 0.29) is 11.8 Å². The highest BCUT2D eigenvalue weighted by molar-refractivity contribution is 6.34. The highest BCUT2D eigenvalue weighted by Crippen LogP contribution is 2.21. The van der Waals surface area contributed by atoms with E-state index >= 15 is 0 Å². The molecule has 0 aliphatic heterocycles. The van der Waals surface area contributed by atoms with E-state index in [4.69, 9.17) is 11.6 Å². The summed E-state index contributed by atoms with van der Waals surface area (Å²) in [4.78, 5) is 26.3. The van der Waals surface area contributed by atoms with Gasteiger partial charge in [0, 0.05) is 24.3 Å². The summed E-state index contributed by atoms with van der Waals surface area (Å²) in [5.74, 6) is -0.454. The van der Waals surface area contributed by atoms with Crippen molar-refractivity contribution in [2.75, 3.05) is 26.0 Å². The Kier molecular flexibility index (Phi) is 6.56. The molecule has 0 heterocycles. The summed E-state index contributed by atoms with van der Waals surface area (Å²) >= 11 is 6.15. The van der Waals surface area contributed by atoms with Crippen LogP contribution in [-0.4, -0.2) is 37.4 Å².